The fourth-order valence-electron chi connectivity index (χ4n) is 3.14. The summed E-state index contributed by atoms with van der Waals surface area (Å²) in [4.78, 5) is 29.1. The number of ether oxygens (including phenoxy) is 2. The van der Waals surface area contributed by atoms with Crippen molar-refractivity contribution in [2.45, 2.75) is 18.6 Å². The Hall–Kier alpha value is -3.47. The van der Waals surface area contributed by atoms with Crippen molar-refractivity contribution in [3.8, 4) is 0 Å². The second kappa shape index (κ2) is 7.41. The Morgan fingerprint density at radius 1 is 1.00 bits per heavy atom. The molecule has 0 bridgehead atoms. The Kier molecular flexibility index (Phi) is 4.66. The third kappa shape index (κ3) is 3.58. The first-order valence-electron chi connectivity index (χ1n) is 8.66. The van der Waals surface area contributed by atoms with Gasteiger partial charge >= 0.3 is 11.9 Å². The number of aromatic nitrogens is 1. The third-order valence-corrected chi connectivity index (χ3v) is 4.48. The molecule has 4 rings (SSSR count). The van der Waals surface area contributed by atoms with Gasteiger partial charge in [-0.2, -0.15) is 0 Å². The number of hydrogen-bond acceptors (Lipinski definition) is 5. The molecule has 2 heterocycles. The van der Waals surface area contributed by atoms with Crippen molar-refractivity contribution >= 4 is 11.9 Å². The van der Waals surface area contributed by atoms with Gasteiger partial charge in [-0.25, -0.2) is 9.59 Å². The number of benzene rings is 2. The lowest BCUT2D eigenvalue weighted by Crippen LogP contribution is -2.36. The highest BCUT2D eigenvalue weighted by molar-refractivity contribution is 5.94. The molecule has 0 radical (unpaired) electrons. The fourth-order valence-corrected chi connectivity index (χ4v) is 3.14. The van der Waals surface area contributed by atoms with E-state index in [0.717, 1.165) is 16.7 Å². The normalized spacial score (nSPS) is 16.7. The zero-order chi connectivity index (χ0) is 18.6. The van der Waals surface area contributed by atoms with Gasteiger partial charge in [0.15, 0.2) is 6.10 Å². The summed E-state index contributed by atoms with van der Waals surface area (Å²) in [5.41, 5.74) is 2.85. The van der Waals surface area contributed by atoms with E-state index in [0.29, 0.717) is 12.0 Å². The molecule has 5 nitrogen and oxygen atoms in total. The average molecular weight is 359 g/mol. The van der Waals surface area contributed by atoms with E-state index in [1.807, 2.05) is 48.5 Å². The molecular weight excluding hydrogens is 342 g/mol. The van der Waals surface area contributed by atoms with Gasteiger partial charge in [0.05, 0.1) is 5.56 Å². The van der Waals surface area contributed by atoms with Crippen molar-refractivity contribution in [2.24, 2.45) is 0 Å². The smallest absolute Gasteiger partial charge is 0.348 e. The molecule has 0 fully saturated rings. The molecular formula is C22H17NO4. The minimum atomic E-state index is -0.963. The summed E-state index contributed by atoms with van der Waals surface area (Å²) < 4.78 is 11.1. The summed E-state index contributed by atoms with van der Waals surface area (Å²) in [7, 11) is 0. The summed E-state index contributed by atoms with van der Waals surface area (Å²) in [5.74, 6) is -1.08. The number of cyclic esters (lactones) is 1. The molecule has 1 aliphatic rings. The van der Waals surface area contributed by atoms with E-state index in [4.69, 9.17) is 9.47 Å². The standard InChI is InChI=1S/C22H17NO4/c24-21-18-11-5-4-9-16(18)13-19(26-21)22(25)27-20(15-7-2-1-3-8-15)17-10-6-12-23-14-17/h1-12,14,19-20H,13H2/t19-,20+/m0/s1. The highest BCUT2D eigenvalue weighted by Gasteiger charge is 2.34. The Balaban J connectivity index is 1.59. The lowest BCUT2D eigenvalue weighted by molar-refractivity contribution is -0.158. The molecule has 0 spiro atoms. The summed E-state index contributed by atoms with van der Waals surface area (Å²) in [6, 6.07) is 20.2. The second-order valence-corrected chi connectivity index (χ2v) is 6.27. The van der Waals surface area contributed by atoms with E-state index in [9.17, 15) is 9.59 Å². The molecule has 0 amide bonds. The monoisotopic (exact) mass is 359 g/mol. The lowest BCUT2D eigenvalue weighted by atomic mass is 9.98. The van der Waals surface area contributed by atoms with Crippen molar-refractivity contribution in [2.75, 3.05) is 0 Å². The maximum atomic E-state index is 12.8. The van der Waals surface area contributed by atoms with Crippen molar-refractivity contribution in [3.63, 3.8) is 0 Å². The summed E-state index contributed by atoms with van der Waals surface area (Å²) in [6.45, 7) is 0. The highest BCUT2D eigenvalue weighted by Crippen LogP contribution is 2.28. The van der Waals surface area contributed by atoms with Crippen LogP contribution in [0, 0.1) is 0 Å². The summed E-state index contributed by atoms with van der Waals surface area (Å²) >= 11 is 0. The molecule has 1 aromatic heterocycles. The zero-order valence-electron chi connectivity index (χ0n) is 14.4. The van der Waals surface area contributed by atoms with E-state index >= 15 is 0 Å². The number of hydrogen-bond donors (Lipinski definition) is 0. The fraction of sp³-hybridized carbons (Fsp3) is 0.136. The maximum Gasteiger partial charge on any atom is 0.348 e. The molecule has 0 N–H and O–H groups in total. The molecule has 0 aliphatic carbocycles. The summed E-state index contributed by atoms with van der Waals surface area (Å²) in [6.07, 6.45) is 2.04. The van der Waals surface area contributed by atoms with Crippen molar-refractivity contribution in [1.82, 2.24) is 4.98 Å². The van der Waals surface area contributed by atoms with Crippen LogP contribution in [0.3, 0.4) is 0 Å². The van der Waals surface area contributed by atoms with E-state index in [1.54, 1.807) is 30.6 Å². The Morgan fingerprint density at radius 3 is 2.52 bits per heavy atom. The number of carbonyl (C=O) groups excluding carboxylic acids is 2. The number of carbonyl (C=O) groups is 2. The first-order chi connectivity index (χ1) is 13.2. The lowest BCUT2D eigenvalue weighted by Gasteiger charge is -2.26. The maximum absolute atomic E-state index is 12.8. The van der Waals surface area contributed by atoms with Crippen LogP contribution in [0.5, 0.6) is 0 Å². The number of esters is 2. The first kappa shape index (κ1) is 17.0. The number of nitrogens with zero attached hydrogens (tertiary/aromatic N) is 1. The minimum Gasteiger partial charge on any atom is -0.450 e. The SMILES string of the molecule is O=C1O[C@H](C(=O)O[C@H](c2ccccc2)c2cccnc2)Cc2ccccc21. The molecule has 0 saturated heterocycles. The molecule has 27 heavy (non-hydrogen) atoms. The predicted octanol–water partition coefficient (Wildman–Crippen LogP) is 3.50. The van der Waals surface area contributed by atoms with Crippen molar-refractivity contribution in [3.05, 3.63) is 101 Å². The Labute approximate surface area is 156 Å². The number of rotatable bonds is 4. The molecule has 1 aliphatic heterocycles. The van der Waals surface area contributed by atoms with Gasteiger partial charge in [-0.05, 0) is 23.3 Å². The average Bonchev–Trinajstić information content (AvgIpc) is 2.73. The zero-order valence-corrected chi connectivity index (χ0v) is 14.4. The van der Waals surface area contributed by atoms with Crippen molar-refractivity contribution in [1.29, 1.82) is 0 Å². The van der Waals surface area contributed by atoms with Crippen LogP contribution in [0.2, 0.25) is 0 Å². The second-order valence-electron chi connectivity index (χ2n) is 6.27. The molecule has 0 unspecified atom stereocenters. The van der Waals surface area contributed by atoms with Crippen LogP contribution in [0.15, 0.2) is 79.1 Å². The quantitative estimate of drug-likeness (QED) is 0.667. The van der Waals surface area contributed by atoms with Crippen LogP contribution in [-0.4, -0.2) is 23.0 Å². The van der Waals surface area contributed by atoms with Gasteiger partial charge in [-0.3, -0.25) is 4.98 Å². The highest BCUT2D eigenvalue weighted by atomic mass is 16.6. The molecule has 2 aromatic carbocycles. The van der Waals surface area contributed by atoms with Crippen LogP contribution in [-0.2, 0) is 20.7 Å². The van der Waals surface area contributed by atoms with Crippen LogP contribution in [0.4, 0.5) is 0 Å². The molecule has 0 saturated carbocycles. The van der Waals surface area contributed by atoms with Gasteiger partial charge in [0.2, 0.25) is 6.10 Å². The van der Waals surface area contributed by atoms with E-state index in [2.05, 4.69) is 4.98 Å². The van der Waals surface area contributed by atoms with E-state index in [1.165, 1.54) is 0 Å². The van der Waals surface area contributed by atoms with Gasteiger partial charge in [0.1, 0.15) is 0 Å². The largest absolute Gasteiger partial charge is 0.450 e. The molecule has 2 atom stereocenters. The Morgan fingerprint density at radius 2 is 1.74 bits per heavy atom. The molecule has 3 aromatic rings. The number of pyridine rings is 1. The van der Waals surface area contributed by atoms with Crippen LogP contribution >= 0.6 is 0 Å². The topological polar surface area (TPSA) is 65.5 Å². The van der Waals surface area contributed by atoms with Crippen LogP contribution < -0.4 is 0 Å². The van der Waals surface area contributed by atoms with Crippen LogP contribution in [0.25, 0.3) is 0 Å². The van der Waals surface area contributed by atoms with Gasteiger partial charge in [0, 0.05) is 24.4 Å². The minimum absolute atomic E-state index is 0.301. The summed E-state index contributed by atoms with van der Waals surface area (Å²) in [5, 5.41) is 0. The van der Waals surface area contributed by atoms with Gasteiger partial charge in [-0.15, -0.1) is 0 Å². The molecule has 5 heteroatoms. The van der Waals surface area contributed by atoms with Crippen molar-refractivity contribution < 1.29 is 19.1 Å². The third-order valence-electron chi connectivity index (χ3n) is 4.48. The predicted molar refractivity (Wildman–Crippen MR) is 98.0 cm³/mol. The van der Waals surface area contributed by atoms with Gasteiger partial charge < -0.3 is 9.47 Å². The van der Waals surface area contributed by atoms with E-state index < -0.39 is 24.1 Å². The van der Waals surface area contributed by atoms with Gasteiger partial charge in [0.25, 0.3) is 0 Å². The first-order valence-corrected chi connectivity index (χ1v) is 8.66. The van der Waals surface area contributed by atoms with Gasteiger partial charge in [-0.1, -0.05) is 54.6 Å². The van der Waals surface area contributed by atoms with Crippen LogP contribution in [0.1, 0.15) is 33.2 Å². The number of fused-ring (bicyclic) bond motifs is 1. The Bertz CT molecular complexity index is 917. The van der Waals surface area contributed by atoms with E-state index in [-0.39, 0.29) is 0 Å². The molecule has 134 valence electrons.